The van der Waals surface area contributed by atoms with Crippen molar-refractivity contribution in [3.05, 3.63) is 0 Å². The van der Waals surface area contributed by atoms with Gasteiger partial charge in [0.25, 0.3) is 0 Å². The molecule has 0 aromatic heterocycles. The standard InChI is InChI=1S/C9H11F8N/c10-7(11,9(15,16)17)4-1-2-6(18)5(3-4)8(12,13)14/h4-6H,1-3,18H2. The summed E-state index contributed by atoms with van der Waals surface area (Å²) in [6.07, 6.45) is -13.2. The maximum Gasteiger partial charge on any atom is 0.453 e. The maximum atomic E-state index is 13.0. The molecule has 2 N–H and O–H groups in total. The number of rotatable bonds is 1. The maximum absolute atomic E-state index is 13.0. The monoisotopic (exact) mass is 285 g/mol. The zero-order valence-electron chi connectivity index (χ0n) is 8.95. The van der Waals surface area contributed by atoms with Gasteiger partial charge in [0.05, 0.1) is 5.92 Å². The minimum atomic E-state index is -5.84. The lowest BCUT2D eigenvalue weighted by molar-refractivity contribution is -0.312. The largest absolute Gasteiger partial charge is 0.453 e. The molecule has 0 saturated heterocycles. The molecule has 1 fully saturated rings. The van der Waals surface area contributed by atoms with Crippen LogP contribution in [0.5, 0.6) is 0 Å². The van der Waals surface area contributed by atoms with Gasteiger partial charge in [-0.3, -0.25) is 0 Å². The highest BCUT2D eigenvalue weighted by atomic mass is 19.4. The van der Waals surface area contributed by atoms with E-state index in [1.807, 2.05) is 0 Å². The van der Waals surface area contributed by atoms with Crippen LogP contribution in [0.3, 0.4) is 0 Å². The third-order valence-corrected chi connectivity index (χ3v) is 3.21. The summed E-state index contributed by atoms with van der Waals surface area (Å²) in [6.45, 7) is 0. The van der Waals surface area contributed by atoms with Crippen LogP contribution >= 0.6 is 0 Å². The quantitative estimate of drug-likeness (QED) is 0.733. The first-order valence-corrected chi connectivity index (χ1v) is 5.14. The van der Waals surface area contributed by atoms with Crippen LogP contribution in [-0.4, -0.2) is 24.3 Å². The van der Waals surface area contributed by atoms with E-state index in [4.69, 9.17) is 5.73 Å². The van der Waals surface area contributed by atoms with Gasteiger partial charge in [-0.25, -0.2) is 0 Å². The van der Waals surface area contributed by atoms with Crippen molar-refractivity contribution in [2.24, 2.45) is 17.6 Å². The van der Waals surface area contributed by atoms with Crippen molar-refractivity contribution in [3.8, 4) is 0 Å². The fourth-order valence-electron chi connectivity index (χ4n) is 2.13. The van der Waals surface area contributed by atoms with Crippen LogP contribution < -0.4 is 5.73 Å². The van der Waals surface area contributed by atoms with E-state index >= 15 is 0 Å². The number of nitrogens with two attached hydrogens (primary N) is 1. The number of hydrogen-bond donors (Lipinski definition) is 1. The first-order chi connectivity index (χ1) is 7.87. The number of hydrogen-bond acceptors (Lipinski definition) is 1. The summed E-state index contributed by atoms with van der Waals surface area (Å²) in [5.74, 6) is -9.80. The second-order valence-electron chi connectivity index (χ2n) is 4.44. The molecule has 0 amide bonds. The Morgan fingerprint density at radius 1 is 0.833 bits per heavy atom. The zero-order chi connectivity index (χ0) is 14.4. The summed E-state index contributed by atoms with van der Waals surface area (Å²) in [7, 11) is 0. The molecule has 1 nitrogen and oxygen atoms in total. The minimum absolute atomic E-state index is 0.499. The van der Waals surface area contributed by atoms with Crippen molar-refractivity contribution in [1.82, 2.24) is 0 Å². The Balaban J connectivity index is 2.89. The summed E-state index contributed by atoms with van der Waals surface area (Å²) in [5, 5.41) is 0. The summed E-state index contributed by atoms with van der Waals surface area (Å²) in [5.41, 5.74) is 5.13. The van der Waals surface area contributed by atoms with E-state index in [1.165, 1.54) is 0 Å². The Bertz CT molecular complexity index is 294. The van der Waals surface area contributed by atoms with Crippen molar-refractivity contribution in [2.45, 2.75) is 43.6 Å². The molecule has 0 bridgehead atoms. The van der Waals surface area contributed by atoms with E-state index in [1.54, 1.807) is 0 Å². The minimum Gasteiger partial charge on any atom is -0.327 e. The van der Waals surface area contributed by atoms with Gasteiger partial charge in [-0.1, -0.05) is 0 Å². The Labute approximate surface area is 97.3 Å². The van der Waals surface area contributed by atoms with Gasteiger partial charge in [-0.15, -0.1) is 0 Å². The zero-order valence-corrected chi connectivity index (χ0v) is 8.95. The molecule has 0 aliphatic heterocycles. The normalized spacial score (nSPS) is 31.5. The number of halogens is 8. The Hall–Kier alpha value is -0.600. The highest BCUT2D eigenvalue weighted by molar-refractivity contribution is 4.94. The summed E-state index contributed by atoms with van der Waals surface area (Å²) in [6, 6.07) is -1.43. The van der Waals surface area contributed by atoms with Gasteiger partial charge in [0.15, 0.2) is 0 Å². The molecule has 1 saturated carbocycles. The highest BCUT2D eigenvalue weighted by Gasteiger charge is 2.64. The highest BCUT2D eigenvalue weighted by Crippen LogP contribution is 2.50. The number of alkyl halides is 8. The van der Waals surface area contributed by atoms with Gasteiger partial charge in [0.1, 0.15) is 0 Å². The third-order valence-electron chi connectivity index (χ3n) is 3.21. The molecule has 9 heteroatoms. The lowest BCUT2D eigenvalue weighted by Gasteiger charge is -2.38. The van der Waals surface area contributed by atoms with Crippen molar-refractivity contribution >= 4 is 0 Å². The first-order valence-electron chi connectivity index (χ1n) is 5.14. The second kappa shape index (κ2) is 4.50. The fraction of sp³-hybridized carbons (Fsp3) is 1.00. The molecule has 1 aliphatic carbocycles. The Kier molecular flexibility index (Phi) is 3.86. The summed E-state index contributed by atoms with van der Waals surface area (Å²) in [4.78, 5) is 0. The predicted molar refractivity (Wildman–Crippen MR) is 45.9 cm³/mol. The lowest BCUT2D eigenvalue weighted by Crippen LogP contribution is -2.51. The average molecular weight is 285 g/mol. The fourth-order valence-corrected chi connectivity index (χ4v) is 2.13. The van der Waals surface area contributed by atoms with Gasteiger partial charge in [0.2, 0.25) is 0 Å². The molecule has 0 heterocycles. The third kappa shape index (κ3) is 2.86. The Morgan fingerprint density at radius 3 is 1.72 bits per heavy atom. The van der Waals surface area contributed by atoms with Crippen LogP contribution in [0.2, 0.25) is 0 Å². The van der Waals surface area contributed by atoms with Crippen LogP contribution in [0.4, 0.5) is 35.1 Å². The van der Waals surface area contributed by atoms with Gasteiger partial charge in [0, 0.05) is 12.0 Å². The first kappa shape index (κ1) is 15.5. The molecule has 18 heavy (non-hydrogen) atoms. The van der Waals surface area contributed by atoms with Crippen LogP contribution in [0.15, 0.2) is 0 Å². The SMILES string of the molecule is NC1CCC(C(F)(F)C(F)(F)F)CC1C(F)(F)F. The molecule has 108 valence electrons. The van der Waals surface area contributed by atoms with E-state index in [9.17, 15) is 35.1 Å². The van der Waals surface area contributed by atoms with Crippen molar-refractivity contribution in [3.63, 3.8) is 0 Å². The van der Waals surface area contributed by atoms with Gasteiger partial charge in [-0.05, 0) is 19.3 Å². The summed E-state index contributed by atoms with van der Waals surface area (Å²) >= 11 is 0. The second-order valence-corrected chi connectivity index (χ2v) is 4.44. The smallest absolute Gasteiger partial charge is 0.327 e. The van der Waals surface area contributed by atoms with Gasteiger partial charge in [-0.2, -0.15) is 35.1 Å². The summed E-state index contributed by atoms with van der Waals surface area (Å²) < 4.78 is 99.5. The van der Waals surface area contributed by atoms with E-state index in [-0.39, 0.29) is 0 Å². The van der Waals surface area contributed by atoms with E-state index in [2.05, 4.69) is 0 Å². The van der Waals surface area contributed by atoms with E-state index in [0.717, 1.165) is 0 Å². The van der Waals surface area contributed by atoms with E-state index in [0.29, 0.717) is 0 Å². The van der Waals surface area contributed by atoms with Gasteiger partial charge >= 0.3 is 18.3 Å². The van der Waals surface area contributed by atoms with Crippen molar-refractivity contribution in [2.75, 3.05) is 0 Å². The molecular weight excluding hydrogens is 274 g/mol. The van der Waals surface area contributed by atoms with E-state index < -0.39 is 55.4 Å². The van der Waals surface area contributed by atoms with Crippen LogP contribution in [-0.2, 0) is 0 Å². The molecule has 1 rings (SSSR count). The molecule has 0 spiro atoms. The van der Waals surface area contributed by atoms with Crippen LogP contribution in [0.25, 0.3) is 0 Å². The molecule has 0 aromatic carbocycles. The molecular formula is C9H11F8N. The topological polar surface area (TPSA) is 26.0 Å². The lowest BCUT2D eigenvalue weighted by atomic mass is 9.75. The van der Waals surface area contributed by atoms with Crippen molar-refractivity contribution < 1.29 is 35.1 Å². The predicted octanol–water partition coefficient (Wildman–Crippen LogP) is 3.49. The molecule has 3 atom stereocenters. The average Bonchev–Trinajstić information content (AvgIpc) is 2.14. The molecule has 0 radical (unpaired) electrons. The van der Waals surface area contributed by atoms with Crippen LogP contribution in [0, 0.1) is 11.8 Å². The molecule has 0 aromatic rings. The van der Waals surface area contributed by atoms with Crippen molar-refractivity contribution in [1.29, 1.82) is 0 Å². The molecule has 3 unspecified atom stereocenters. The molecule has 1 aliphatic rings. The Morgan fingerprint density at radius 2 is 1.33 bits per heavy atom. The van der Waals surface area contributed by atoms with Gasteiger partial charge < -0.3 is 5.73 Å². The van der Waals surface area contributed by atoms with Crippen LogP contribution in [0.1, 0.15) is 19.3 Å².